The highest BCUT2D eigenvalue weighted by molar-refractivity contribution is 5.94. The fraction of sp³-hybridized carbons (Fsp3) is 0.333. The molecule has 0 atom stereocenters. The molecular weight excluding hydrogens is 188 g/mol. The van der Waals surface area contributed by atoms with Gasteiger partial charge in [-0.3, -0.25) is 4.79 Å². The minimum atomic E-state index is -0.630. The molecule has 0 bridgehead atoms. The Bertz CT molecular complexity index is 416. The van der Waals surface area contributed by atoms with Crippen LogP contribution in [-0.4, -0.2) is 11.3 Å². The first-order valence-corrected chi connectivity index (χ1v) is 4.75. The number of ketones is 1. The molecule has 0 aliphatic rings. The molecule has 3 heteroatoms. The van der Waals surface area contributed by atoms with Gasteiger partial charge >= 0.3 is 0 Å². The summed E-state index contributed by atoms with van der Waals surface area (Å²) in [5.41, 5.74) is 0.804. The van der Waals surface area contributed by atoms with Crippen molar-refractivity contribution in [3.8, 4) is 6.07 Å². The van der Waals surface area contributed by atoms with Gasteiger partial charge in [-0.05, 0) is 32.9 Å². The van der Waals surface area contributed by atoms with Crippen molar-refractivity contribution in [2.75, 3.05) is 5.32 Å². The van der Waals surface area contributed by atoms with Crippen molar-refractivity contribution in [2.24, 2.45) is 0 Å². The van der Waals surface area contributed by atoms with E-state index in [0.29, 0.717) is 5.56 Å². The smallest absolute Gasteiger partial charge is 0.159 e. The number of nitriles is 1. The van der Waals surface area contributed by atoms with Crippen LogP contribution in [0.2, 0.25) is 0 Å². The van der Waals surface area contributed by atoms with E-state index >= 15 is 0 Å². The van der Waals surface area contributed by atoms with E-state index in [1.807, 2.05) is 6.07 Å². The molecule has 0 spiro atoms. The van der Waals surface area contributed by atoms with Crippen LogP contribution in [0.25, 0.3) is 0 Å². The summed E-state index contributed by atoms with van der Waals surface area (Å²) in [5, 5.41) is 11.9. The molecule has 15 heavy (non-hydrogen) atoms. The van der Waals surface area contributed by atoms with Gasteiger partial charge in [0.15, 0.2) is 5.78 Å². The summed E-state index contributed by atoms with van der Waals surface area (Å²) in [7, 11) is 0. The monoisotopic (exact) mass is 202 g/mol. The molecule has 0 saturated carbocycles. The molecule has 1 aromatic carbocycles. The maximum atomic E-state index is 11.1. The van der Waals surface area contributed by atoms with Gasteiger partial charge in [0.2, 0.25) is 0 Å². The van der Waals surface area contributed by atoms with E-state index in [-0.39, 0.29) is 5.78 Å². The summed E-state index contributed by atoms with van der Waals surface area (Å²) in [6.07, 6.45) is 0. The quantitative estimate of drug-likeness (QED) is 0.766. The van der Waals surface area contributed by atoms with E-state index in [1.165, 1.54) is 6.92 Å². The van der Waals surface area contributed by atoms with Crippen molar-refractivity contribution in [3.05, 3.63) is 29.8 Å². The number of Topliss-reactive ketones (excluding diaryl/α,β-unsaturated/α-hetero) is 1. The number of anilines is 1. The van der Waals surface area contributed by atoms with Crippen LogP contribution >= 0.6 is 0 Å². The molecule has 78 valence electrons. The average Bonchev–Trinajstić information content (AvgIpc) is 2.17. The van der Waals surface area contributed by atoms with Crippen LogP contribution in [0, 0.1) is 11.3 Å². The predicted octanol–water partition coefficient (Wildman–Crippen LogP) is 2.60. The molecule has 0 aromatic heterocycles. The molecule has 0 heterocycles. The number of hydrogen-bond acceptors (Lipinski definition) is 3. The summed E-state index contributed by atoms with van der Waals surface area (Å²) in [5.74, 6) is 0.0217. The van der Waals surface area contributed by atoms with Crippen molar-refractivity contribution in [1.82, 2.24) is 0 Å². The maximum Gasteiger partial charge on any atom is 0.159 e. The third-order valence-corrected chi connectivity index (χ3v) is 2.01. The Kier molecular flexibility index (Phi) is 3.11. The molecule has 0 unspecified atom stereocenters. The minimum Gasteiger partial charge on any atom is -0.368 e. The first-order valence-electron chi connectivity index (χ1n) is 4.75. The Labute approximate surface area is 89.7 Å². The molecule has 0 aliphatic heterocycles. The fourth-order valence-electron chi connectivity index (χ4n) is 1.20. The molecule has 0 amide bonds. The largest absolute Gasteiger partial charge is 0.368 e. The molecule has 0 aliphatic carbocycles. The number of benzene rings is 1. The lowest BCUT2D eigenvalue weighted by molar-refractivity contribution is 0.101. The first-order chi connectivity index (χ1) is 6.94. The SMILES string of the molecule is CC(=O)c1cccc(NC(C)(C)C#N)c1. The summed E-state index contributed by atoms with van der Waals surface area (Å²) < 4.78 is 0. The highest BCUT2D eigenvalue weighted by Crippen LogP contribution is 2.16. The van der Waals surface area contributed by atoms with Gasteiger partial charge in [0.25, 0.3) is 0 Å². The molecular formula is C12H14N2O. The van der Waals surface area contributed by atoms with E-state index in [0.717, 1.165) is 5.69 Å². The zero-order valence-electron chi connectivity index (χ0n) is 9.16. The second-order valence-corrected chi connectivity index (χ2v) is 4.00. The minimum absolute atomic E-state index is 0.0217. The van der Waals surface area contributed by atoms with Crippen molar-refractivity contribution in [1.29, 1.82) is 5.26 Å². The molecule has 0 fully saturated rings. The number of rotatable bonds is 3. The van der Waals surface area contributed by atoms with Crippen LogP contribution in [0.3, 0.4) is 0 Å². The zero-order chi connectivity index (χ0) is 11.5. The highest BCUT2D eigenvalue weighted by Gasteiger charge is 2.15. The normalized spacial score (nSPS) is 10.5. The van der Waals surface area contributed by atoms with Crippen LogP contribution < -0.4 is 5.32 Å². The van der Waals surface area contributed by atoms with Gasteiger partial charge in [0.05, 0.1) is 6.07 Å². The van der Waals surface area contributed by atoms with Gasteiger partial charge < -0.3 is 5.32 Å². The molecule has 0 radical (unpaired) electrons. The third kappa shape index (κ3) is 3.10. The van der Waals surface area contributed by atoms with E-state index in [1.54, 1.807) is 32.0 Å². The number of nitrogens with one attached hydrogen (secondary N) is 1. The predicted molar refractivity (Wildman–Crippen MR) is 59.8 cm³/mol. The zero-order valence-corrected chi connectivity index (χ0v) is 9.16. The molecule has 1 aromatic rings. The van der Waals surface area contributed by atoms with E-state index in [2.05, 4.69) is 11.4 Å². The fourth-order valence-corrected chi connectivity index (χ4v) is 1.20. The summed E-state index contributed by atoms with van der Waals surface area (Å²) in [6.45, 7) is 5.09. The second-order valence-electron chi connectivity index (χ2n) is 4.00. The average molecular weight is 202 g/mol. The van der Waals surface area contributed by atoms with Gasteiger partial charge in [-0.2, -0.15) is 5.26 Å². The maximum absolute atomic E-state index is 11.1. The van der Waals surface area contributed by atoms with E-state index in [9.17, 15) is 4.79 Å². The Morgan fingerprint density at radius 1 is 1.47 bits per heavy atom. The van der Waals surface area contributed by atoms with Crippen LogP contribution in [0.4, 0.5) is 5.69 Å². The van der Waals surface area contributed by atoms with E-state index < -0.39 is 5.54 Å². The van der Waals surface area contributed by atoms with Crippen LogP contribution in [-0.2, 0) is 0 Å². The van der Waals surface area contributed by atoms with Crippen molar-refractivity contribution in [3.63, 3.8) is 0 Å². The molecule has 3 nitrogen and oxygen atoms in total. The van der Waals surface area contributed by atoms with Crippen LogP contribution in [0.5, 0.6) is 0 Å². The first kappa shape index (κ1) is 11.3. The van der Waals surface area contributed by atoms with E-state index in [4.69, 9.17) is 5.26 Å². The molecule has 1 rings (SSSR count). The van der Waals surface area contributed by atoms with Gasteiger partial charge in [-0.25, -0.2) is 0 Å². The van der Waals surface area contributed by atoms with Crippen molar-refractivity contribution >= 4 is 11.5 Å². The second kappa shape index (κ2) is 4.14. The van der Waals surface area contributed by atoms with Crippen molar-refractivity contribution < 1.29 is 4.79 Å². The van der Waals surface area contributed by atoms with Crippen LogP contribution in [0.15, 0.2) is 24.3 Å². The third-order valence-electron chi connectivity index (χ3n) is 2.01. The Morgan fingerprint density at radius 2 is 2.13 bits per heavy atom. The Morgan fingerprint density at radius 3 is 2.67 bits per heavy atom. The Hall–Kier alpha value is -1.82. The van der Waals surface area contributed by atoms with Gasteiger partial charge in [0, 0.05) is 11.3 Å². The lowest BCUT2D eigenvalue weighted by atomic mass is 10.1. The standard InChI is InChI=1S/C12H14N2O/c1-9(15)10-5-4-6-11(7-10)14-12(2,3)8-13/h4-7,14H,1-3H3. The molecule has 1 N–H and O–H groups in total. The number of carbonyl (C=O) groups is 1. The number of carbonyl (C=O) groups excluding carboxylic acids is 1. The van der Waals surface area contributed by atoms with Crippen LogP contribution in [0.1, 0.15) is 31.1 Å². The summed E-state index contributed by atoms with van der Waals surface area (Å²) in [6, 6.07) is 9.29. The summed E-state index contributed by atoms with van der Waals surface area (Å²) in [4.78, 5) is 11.1. The topological polar surface area (TPSA) is 52.9 Å². The Balaban J connectivity index is 2.93. The number of nitrogens with zero attached hydrogens (tertiary/aromatic N) is 1. The van der Waals surface area contributed by atoms with Gasteiger partial charge in [-0.15, -0.1) is 0 Å². The van der Waals surface area contributed by atoms with Gasteiger partial charge in [0.1, 0.15) is 5.54 Å². The lowest BCUT2D eigenvalue weighted by Gasteiger charge is -2.19. The molecule has 0 saturated heterocycles. The highest BCUT2D eigenvalue weighted by atomic mass is 16.1. The van der Waals surface area contributed by atoms with Crippen molar-refractivity contribution in [2.45, 2.75) is 26.3 Å². The van der Waals surface area contributed by atoms with Gasteiger partial charge in [-0.1, -0.05) is 12.1 Å². The number of hydrogen-bond donors (Lipinski definition) is 1. The summed E-state index contributed by atoms with van der Waals surface area (Å²) >= 11 is 0. The lowest BCUT2D eigenvalue weighted by Crippen LogP contribution is -2.28.